The molecule has 2 atom stereocenters. The van der Waals surface area contributed by atoms with Crippen molar-refractivity contribution in [1.82, 2.24) is 4.72 Å². The van der Waals surface area contributed by atoms with Crippen LogP contribution in [0.15, 0.2) is 35.2 Å². The van der Waals surface area contributed by atoms with E-state index >= 15 is 0 Å². The van der Waals surface area contributed by atoms with Gasteiger partial charge in [-0.25, -0.2) is 13.1 Å². The molecular formula is C13H20N2O2S. The zero-order valence-electron chi connectivity index (χ0n) is 10.4. The van der Waals surface area contributed by atoms with Gasteiger partial charge < -0.3 is 5.73 Å². The van der Waals surface area contributed by atoms with E-state index in [1.165, 1.54) is 0 Å². The number of nitrogens with two attached hydrogens (primary N) is 1. The van der Waals surface area contributed by atoms with Crippen LogP contribution < -0.4 is 10.5 Å². The Hall–Kier alpha value is -0.910. The first-order chi connectivity index (χ1) is 8.58. The van der Waals surface area contributed by atoms with Crippen LogP contribution in [0.1, 0.15) is 25.7 Å². The maximum atomic E-state index is 12.0. The van der Waals surface area contributed by atoms with Gasteiger partial charge >= 0.3 is 0 Å². The third-order valence-electron chi connectivity index (χ3n) is 3.44. The second kappa shape index (κ2) is 5.82. The molecule has 3 N–H and O–H groups in total. The van der Waals surface area contributed by atoms with Gasteiger partial charge in [-0.2, -0.15) is 0 Å². The number of hydrogen-bond donors (Lipinski definition) is 2. The standard InChI is InChI=1S/C13H20N2O2S/c14-12-6-4-5-11(9-12)10-15-18(16,17)13-7-2-1-3-8-13/h1-3,7-8,11-12,15H,4-6,9-10,14H2. The van der Waals surface area contributed by atoms with E-state index in [9.17, 15) is 8.42 Å². The maximum Gasteiger partial charge on any atom is 0.240 e. The molecule has 1 aromatic carbocycles. The summed E-state index contributed by atoms with van der Waals surface area (Å²) in [6.07, 6.45) is 4.13. The van der Waals surface area contributed by atoms with Gasteiger partial charge in [0.2, 0.25) is 10.0 Å². The van der Waals surface area contributed by atoms with Crippen molar-refractivity contribution >= 4 is 10.0 Å². The van der Waals surface area contributed by atoms with Crippen LogP contribution in [0.2, 0.25) is 0 Å². The summed E-state index contributed by atoms with van der Waals surface area (Å²) in [6.45, 7) is 0.491. The van der Waals surface area contributed by atoms with Gasteiger partial charge in [-0.3, -0.25) is 0 Å². The molecule has 1 fully saturated rings. The van der Waals surface area contributed by atoms with Gasteiger partial charge in [0.15, 0.2) is 0 Å². The highest BCUT2D eigenvalue weighted by molar-refractivity contribution is 7.89. The summed E-state index contributed by atoms with van der Waals surface area (Å²) in [5.41, 5.74) is 5.90. The molecule has 5 heteroatoms. The number of sulfonamides is 1. The quantitative estimate of drug-likeness (QED) is 0.869. The van der Waals surface area contributed by atoms with Crippen LogP contribution in [0.5, 0.6) is 0 Å². The molecule has 0 bridgehead atoms. The highest BCUT2D eigenvalue weighted by Crippen LogP contribution is 2.22. The fourth-order valence-electron chi connectivity index (χ4n) is 2.43. The van der Waals surface area contributed by atoms with Gasteiger partial charge in [0, 0.05) is 12.6 Å². The monoisotopic (exact) mass is 268 g/mol. The minimum atomic E-state index is -3.37. The molecule has 1 aliphatic carbocycles. The molecule has 2 rings (SSSR count). The molecule has 0 radical (unpaired) electrons. The van der Waals surface area contributed by atoms with Crippen molar-refractivity contribution in [2.24, 2.45) is 11.7 Å². The Morgan fingerprint density at radius 3 is 2.61 bits per heavy atom. The molecule has 1 aliphatic rings. The molecule has 0 spiro atoms. The second-order valence-electron chi connectivity index (χ2n) is 4.96. The zero-order valence-corrected chi connectivity index (χ0v) is 11.2. The van der Waals surface area contributed by atoms with E-state index in [1.807, 2.05) is 0 Å². The van der Waals surface area contributed by atoms with E-state index in [1.54, 1.807) is 30.3 Å². The normalized spacial score (nSPS) is 24.9. The minimum absolute atomic E-state index is 0.227. The van der Waals surface area contributed by atoms with E-state index in [4.69, 9.17) is 5.73 Å². The Bertz CT molecular complexity index is 473. The van der Waals surface area contributed by atoms with Crippen LogP contribution in [-0.2, 0) is 10.0 Å². The molecule has 0 aromatic heterocycles. The summed E-state index contributed by atoms with van der Waals surface area (Å²) in [6, 6.07) is 8.70. The molecule has 0 amide bonds. The van der Waals surface area contributed by atoms with Gasteiger partial charge in [-0.05, 0) is 37.3 Å². The SMILES string of the molecule is NC1CCCC(CNS(=O)(=O)c2ccccc2)C1. The summed E-state index contributed by atoms with van der Waals surface area (Å²) in [5.74, 6) is 0.368. The largest absolute Gasteiger partial charge is 0.328 e. The van der Waals surface area contributed by atoms with Gasteiger partial charge in [0.1, 0.15) is 0 Å². The fourth-order valence-corrected chi connectivity index (χ4v) is 3.57. The molecule has 1 aromatic rings. The predicted molar refractivity (Wildman–Crippen MR) is 71.6 cm³/mol. The van der Waals surface area contributed by atoms with E-state index in [2.05, 4.69) is 4.72 Å². The second-order valence-corrected chi connectivity index (χ2v) is 6.72. The first-order valence-corrected chi connectivity index (χ1v) is 7.86. The number of rotatable bonds is 4. The molecule has 1 saturated carbocycles. The van der Waals surface area contributed by atoms with Crippen molar-refractivity contribution in [3.05, 3.63) is 30.3 Å². The summed E-state index contributed by atoms with van der Waals surface area (Å²) in [5, 5.41) is 0. The van der Waals surface area contributed by atoms with Crippen molar-refractivity contribution < 1.29 is 8.42 Å². The Morgan fingerprint density at radius 2 is 1.94 bits per heavy atom. The first-order valence-electron chi connectivity index (χ1n) is 6.38. The molecule has 18 heavy (non-hydrogen) atoms. The summed E-state index contributed by atoms with van der Waals surface area (Å²) < 4.78 is 26.7. The van der Waals surface area contributed by atoms with Crippen LogP contribution in [0.25, 0.3) is 0 Å². The van der Waals surface area contributed by atoms with Crippen molar-refractivity contribution in [1.29, 1.82) is 0 Å². The number of benzene rings is 1. The topological polar surface area (TPSA) is 72.2 Å². The van der Waals surface area contributed by atoms with Crippen LogP contribution in [0, 0.1) is 5.92 Å². The Morgan fingerprint density at radius 1 is 1.22 bits per heavy atom. The minimum Gasteiger partial charge on any atom is -0.328 e. The van der Waals surface area contributed by atoms with Crippen LogP contribution >= 0.6 is 0 Å². The highest BCUT2D eigenvalue weighted by atomic mass is 32.2. The van der Waals surface area contributed by atoms with Gasteiger partial charge in [0.05, 0.1) is 4.90 Å². The molecule has 0 heterocycles. The lowest BCUT2D eigenvalue weighted by atomic mass is 9.86. The lowest BCUT2D eigenvalue weighted by Crippen LogP contribution is -2.35. The van der Waals surface area contributed by atoms with E-state index in [0.717, 1.165) is 25.7 Å². The van der Waals surface area contributed by atoms with Gasteiger partial charge in [-0.1, -0.05) is 24.6 Å². The summed E-state index contributed by atoms with van der Waals surface area (Å²) in [4.78, 5) is 0.324. The van der Waals surface area contributed by atoms with Crippen molar-refractivity contribution in [3.63, 3.8) is 0 Å². The van der Waals surface area contributed by atoms with Gasteiger partial charge in [0.25, 0.3) is 0 Å². The Balaban J connectivity index is 1.93. The summed E-state index contributed by atoms with van der Waals surface area (Å²) in [7, 11) is -3.37. The third-order valence-corrected chi connectivity index (χ3v) is 4.88. The molecular weight excluding hydrogens is 248 g/mol. The lowest BCUT2D eigenvalue weighted by Gasteiger charge is -2.26. The van der Waals surface area contributed by atoms with Crippen LogP contribution in [0.3, 0.4) is 0 Å². The Kier molecular flexibility index (Phi) is 4.37. The average Bonchev–Trinajstić information content (AvgIpc) is 2.38. The summed E-state index contributed by atoms with van der Waals surface area (Å²) >= 11 is 0. The maximum absolute atomic E-state index is 12.0. The van der Waals surface area contributed by atoms with Gasteiger partial charge in [-0.15, -0.1) is 0 Å². The smallest absolute Gasteiger partial charge is 0.240 e. The highest BCUT2D eigenvalue weighted by Gasteiger charge is 2.21. The molecule has 100 valence electrons. The van der Waals surface area contributed by atoms with Crippen molar-refractivity contribution in [2.75, 3.05) is 6.54 Å². The van der Waals surface area contributed by atoms with E-state index < -0.39 is 10.0 Å². The first kappa shape index (κ1) is 13.5. The third kappa shape index (κ3) is 3.54. The molecule has 0 saturated heterocycles. The lowest BCUT2D eigenvalue weighted by molar-refractivity contribution is 0.322. The average molecular weight is 268 g/mol. The number of hydrogen-bond acceptors (Lipinski definition) is 3. The van der Waals surface area contributed by atoms with Crippen LogP contribution in [0.4, 0.5) is 0 Å². The van der Waals surface area contributed by atoms with Crippen molar-refractivity contribution in [2.45, 2.75) is 36.6 Å². The zero-order chi connectivity index (χ0) is 13.0. The fraction of sp³-hybridized carbons (Fsp3) is 0.538. The van der Waals surface area contributed by atoms with Crippen molar-refractivity contribution in [3.8, 4) is 0 Å². The molecule has 2 unspecified atom stereocenters. The predicted octanol–water partition coefficient (Wildman–Crippen LogP) is 1.48. The molecule has 4 nitrogen and oxygen atoms in total. The molecule has 0 aliphatic heterocycles. The van der Waals surface area contributed by atoms with E-state index in [0.29, 0.717) is 17.4 Å². The van der Waals surface area contributed by atoms with Crippen LogP contribution in [-0.4, -0.2) is 21.0 Å². The number of nitrogens with one attached hydrogen (secondary N) is 1. The van der Waals surface area contributed by atoms with E-state index in [-0.39, 0.29) is 6.04 Å². The Labute approximate surface area is 109 Å².